The largest absolute Gasteiger partial charge is 0.378 e. The number of carbonyl (C=O) groups excluding carboxylic acids is 2. The van der Waals surface area contributed by atoms with Gasteiger partial charge in [0.1, 0.15) is 6.04 Å². The van der Waals surface area contributed by atoms with Crippen molar-refractivity contribution in [2.45, 2.75) is 83.8 Å². The van der Waals surface area contributed by atoms with Crippen LogP contribution in [0.5, 0.6) is 0 Å². The van der Waals surface area contributed by atoms with Gasteiger partial charge in [-0.2, -0.15) is 5.26 Å². The van der Waals surface area contributed by atoms with Crippen molar-refractivity contribution < 1.29 is 14.3 Å². The molecule has 3 rings (SSSR count). The number of rotatable bonds is 12. The Morgan fingerprint density at radius 3 is 2.47 bits per heavy atom. The van der Waals surface area contributed by atoms with Crippen LogP contribution < -0.4 is 5.32 Å². The number of nitriles is 1. The van der Waals surface area contributed by atoms with Crippen molar-refractivity contribution in [1.29, 1.82) is 5.26 Å². The molecule has 1 heterocycles. The lowest BCUT2D eigenvalue weighted by molar-refractivity contribution is -0.140. The number of hydrogen-bond acceptors (Lipinski definition) is 5. The second-order valence-electron chi connectivity index (χ2n) is 10.7. The van der Waals surface area contributed by atoms with Crippen molar-refractivity contribution in [3.05, 3.63) is 35.9 Å². The lowest BCUT2D eigenvalue weighted by Crippen LogP contribution is -2.45. The van der Waals surface area contributed by atoms with Crippen LogP contribution in [-0.2, 0) is 20.9 Å². The molecule has 1 aromatic rings. The maximum atomic E-state index is 13.4. The third-order valence-electron chi connectivity index (χ3n) is 7.63. The summed E-state index contributed by atoms with van der Waals surface area (Å²) in [6.45, 7) is 8.11. The summed E-state index contributed by atoms with van der Waals surface area (Å²) in [6, 6.07) is 12.4. The summed E-state index contributed by atoms with van der Waals surface area (Å²) in [7, 11) is 0. The van der Waals surface area contributed by atoms with Crippen LogP contribution in [0.2, 0.25) is 0 Å². The van der Waals surface area contributed by atoms with Crippen molar-refractivity contribution in [2.24, 2.45) is 11.8 Å². The molecule has 1 saturated carbocycles. The van der Waals surface area contributed by atoms with E-state index >= 15 is 0 Å². The predicted octanol–water partition coefficient (Wildman–Crippen LogP) is 4.13. The van der Waals surface area contributed by atoms with Crippen molar-refractivity contribution in [3.63, 3.8) is 0 Å². The molecule has 198 valence electrons. The zero-order chi connectivity index (χ0) is 25.8. The first-order valence-electron chi connectivity index (χ1n) is 13.8. The molecule has 2 aliphatic rings. The highest BCUT2D eigenvalue weighted by Gasteiger charge is 2.30. The van der Waals surface area contributed by atoms with Gasteiger partial charge in [-0.25, -0.2) is 0 Å². The highest BCUT2D eigenvalue weighted by molar-refractivity contribution is 5.86. The van der Waals surface area contributed by atoms with Gasteiger partial charge in [-0.1, -0.05) is 62.4 Å². The fourth-order valence-corrected chi connectivity index (χ4v) is 5.35. The van der Waals surface area contributed by atoms with E-state index in [4.69, 9.17) is 4.74 Å². The third kappa shape index (κ3) is 9.22. The van der Waals surface area contributed by atoms with Crippen LogP contribution >= 0.6 is 0 Å². The first kappa shape index (κ1) is 28.1. The average Bonchev–Trinajstić information content (AvgIpc) is 2.91. The van der Waals surface area contributed by atoms with Gasteiger partial charge >= 0.3 is 0 Å². The average molecular weight is 497 g/mol. The zero-order valence-electron chi connectivity index (χ0n) is 22.2. The van der Waals surface area contributed by atoms with Gasteiger partial charge in [-0.15, -0.1) is 0 Å². The molecule has 1 aliphatic heterocycles. The van der Waals surface area contributed by atoms with Gasteiger partial charge in [0.2, 0.25) is 11.8 Å². The Labute approximate surface area is 217 Å². The van der Waals surface area contributed by atoms with Crippen molar-refractivity contribution in [2.75, 3.05) is 32.8 Å². The molecule has 0 bridgehead atoms. The molecule has 2 fully saturated rings. The molecule has 2 unspecified atom stereocenters. The number of benzene rings is 1. The monoisotopic (exact) mass is 496 g/mol. The van der Waals surface area contributed by atoms with E-state index in [0.29, 0.717) is 51.2 Å². The molecule has 0 aromatic heterocycles. The number of morpholine rings is 1. The van der Waals surface area contributed by atoms with E-state index in [2.05, 4.69) is 42.3 Å². The highest BCUT2D eigenvalue weighted by atomic mass is 16.5. The molecule has 0 spiro atoms. The third-order valence-corrected chi connectivity index (χ3v) is 7.63. The van der Waals surface area contributed by atoms with Crippen LogP contribution in [0.25, 0.3) is 0 Å². The second kappa shape index (κ2) is 15.0. The van der Waals surface area contributed by atoms with Gasteiger partial charge < -0.3 is 15.0 Å². The van der Waals surface area contributed by atoms with E-state index in [1.807, 2.05) is 23.1 Å². The van der Waals surface area contributed by atoms with Gasteiger partial charge in [0, 0.05) is 44.6 Å². The predicted molar refractivity (Wildman–Crippen MR) is 141 cm³/mol. The number of ether oxygens (including phenoxy) is 1. The maximum Gasteiger partial charge on any atom is 0.224 e. The molecular formula is C29H44N4O3. The summed E-state index contributed by atoms with van der Waals surface area (Å²) >= 11 is 0. The van der Waals surface area contributed by atoms with E-state index in [-0.39, 0.29) is 24.2 Å². The van der Waals surface area contributed by atoms with Gasteiger partial charge in [-0.05, 0) is 38.2 Å². The topological polar surface area (TPSA) is 85.7 Å². The number of carbonyl (C=O) groups is 2. The molecule has 36 heavy (non-hydrogen) atoms. The van der Waals surface area contributed by atoms with Crippen molar-refractivity contribution in [3.8, 4) is 6.07 Å². The van der Waals surface area contributed by atoms with E-state index in [9.17, 15) is 14.9 Å². The van der Waals surface area contributed by atoms with E-state index in [0.717, 1.165) is 25.8 Å². The Kier molecular flexibility index (Phi) is 11.7. The second-order valence-corrected chi connectivity index (χ2v) is 10.7. The molecule has 7 nitrogen and oxygen atoms in total. The normalized spacial score (nSPS) is 18.6. The van der Waals surface area contributed by atoms with Crippen LogP contribution in [0.4, 0.5) is 0 Å². The fourth-order valence-electron chi connectivity index (χ4n) is 5.35. The molecule has 1 aromatic carbocycles. The first-order chi connectivity index (χ1) is 17.5. The Hall–Kier alpha value is -2.43. The molecular weight excluding hydrogens is 452 g/mol. The Balaban J connectivity index is 1.59. The molecule has 2 amide bonds. The smallest absolute Gasteiger partial charge is 0.224 e. The summed E-state index contributed by atoms with van der Waals surface area (Å²) in [5.74, 6) is -0.0239. The fraction of sp³-hybridized carbons (Fsp3) is 0.690. The van der Waals surface area contributed by atoms with Gasteiger partial charge in [-0.3, -0.25) is 14.5 Å². The summed E-state index contributed by atoms with van der Waals surface area (Å²) in [5, 5.41) is 12.8. The molecule has 0 radical (unpaired) electrons. The Morgan fingerprint density at radius 1 is 1.14 bits per heavy atom. The minimum absolute atomic E-state index is 0.0246. The highest BCUT2D eigenvalue weighted by Crippen LogP contribution is 2.30. The summed E-state index contributed by atoms with van der Waals surface area (Å²) in [6.07, 6.45) is 7.40. The maximum absolute atomic E-state index is 13.4. The van der Waals surface area contributed by atoms with Crippen LogP contribution in [0.3, 0.4) is 0 Å². The van der Waals surface area contributed by atoms with Crippen molar-refractivity contribution in [1.82, 2.24) is 15.1 Å². The van der Waals surface area contributed by atoms with E-state index in [1.165, 1.54) is 24.8 Å². The number of nitrogens with one attached hydrogen (secondary N) is 1. The van der Waals surface area contributed by atoms with Crippen LogP contribution in [0.1, 0.15) is 70.8 Å². The molecule has 1 saturated heterocycles. The standard InChI is InChI=1S/C29H44N4O3/c1-23(2)33(22-25-11-7-4-8-12-25)14-13-27(21-30)31-29(35)26(19-24-9-5-3-6-10-24)20-28(34)32-15-17-36-18-16-32/h4,7-8,11-12,23-24,26-27H,3,5-6,9-10,13-20,22H2,1-2H3,(H,31,35). The molecule has 1 aliphatic carbocycles. The quantitative estimate of drug-likeness (QED) is 0.470. The Morgan fingerprint density at radius 2 is 1.83 bits per heavy atom. The lowest BCUT2D eigenvalue weighted by Gasteiger charge is -2.31. The van der Waals surface area contributed by atoms with Gasteiger partial charge in [0.15, 0.2) is 0 Å². The van der Waals surface area contributed by atoms with Crippen LogP contribution in [0, 0.1) is 23.2 Å². The summed E-state index contributed by atoms with van der Waals surface area (Å²) < 4.78 is 5.38. The van der Waals surface area contributed by atoms with Crippen molar-refractivity contribution >= 4 is 11.8 Å². The first-order valence-corrected chi connectivity index (χ1v) is 13.8. The SMILES string of the molecule is CC(C)N(CCC(C#N)NC(=O)C(CC(=O)N1CCOCC1)CC1CCCCC1)Cc1ccccc1. The van der Waals surface area contributed by atoms with Gasteiger partial charge in [0.05, 0.1) is 19.3 Å². The molecule has 1 N–H and O–H groups in total. The minimum Gasteiger partial charge on any atom is -0.378 e. The summed E-state index contributed by atoms with van der Waals surface area (Å²) in [4.78, 5) is 30.5. The zero-order valence-corrected chi connectivity index (χ0v) is 22.2. The number of nitrogens with zero attached hydrogens (tertiary/aromatic N) is 3. The summed E-state index contributed by atoms with van der Waals surface area (Å²) in [5.41, 5.74) is 1.23. The number of hydrogen-bond donors (Lipinski definition) is 1. The molecule has 7 heteroatoms. The lowest BCUT2D eigenvalue weighted by atomic mass is 9.81. The van der Waals surface area contributed by atoms with Crippen LogP contribution in [0.15, 0.2) is 30.3 Å². The van der Waals surface area contributed by atoms with E-state index in [1.54, 1.807) is 0 Å². The van der Waals surface area contributed by atoms with Gasteiger partial charge in [0.25, 0.3) is 0 Å². The van der Waals surface area contributed by atoms with Crippen LogP contribution in [-0.4, -0.2) is 66.5 Å². The minimum atomic E-state index is -0.568. The Bertz CT molecular complexity index is 842. The van der Waals surface area contributed by atoms with E-state index < -0.39 is 6.04 Å². The number of amides is 2. The molecule has 2 atom stereocenters.